The van der Waals surface area contributed by atoms with Gasteiger partial charge in [-0.05, 0) is 64.4 Å². The minimum Gasteiger partial charge on any atom is -0.0620 e. The molecule has 3 aromatic carbocycles. The van der Waals surface area contributed by atoms with Crippen LogP contribution >= 0.6 is 0 Å². The fourth-order valence-electron chi connectivity index (χ4n) is 4.02. The number of fused-ring (bicyclic) bond motifs is 3. The van der Waals surface area contributed by atoms with Gasteiger partial charge in [-0.25, -0.2) is 0 Å². The first-order valence-corrected chi connectivity index (χ1v) is 8.31. The molecule has 0 aliphatic heterocycles. The van der Waals surface area contributed by atoms with E-state index in [1.54, 1.807) is 0 Å². The molecule has 0 radical (unpaired) electrons. The molecule has 0 aromatic heterocycles. The van der Waals surface area contributed by atoms with Gasteiger partial charge in [-0.15, -0.1) is 0 Å². The summed E-state index contributed by atoms with van der Waals surface area (Å²) in [4.78, 5) is 0. The van der Waals surface area contributed by atoms with Crippen LogP contribution in [0, 0.1) is 13.8 Å². The normalized spacial score (nSPS) is 14.4. The molecule has 0 saturated carbocycles. The van der Waals surface area contributed by atoms with Crippen LogP contribution in [0.5, 0.6) is 0 Å². The Kier molecular flexibility index (Phi) is 2.99. The molecular formula is C23H22. The van der Waals surface area contributed by atoms with Crippen molar-refractivity contribution >= 4 is 0 Å². The minimum atomic E-state index is 0.0843. The summed E-state index contributed by atoms with van der Waals surface area (Å²) >= 11 is 0. The molecule has 0 N–H and O–H groups in total. The zero-order chi connectivity index (χ0) is 16.2. The molecule has 1 aliphatic rings. The van der Waals surface area contributed by atoms with E-state index in [2.05, 4.69) is 88.4 Å². The molecule has 3 aromatic rings. The number of hydrogen-bond donors (Lipinski definition) is 0. The molecule has 0 bridgehead atoms. The van der Waals surface area contributed by atoms with Crippen molar-refractivity contribution in [2.75, 3.05) is 0 Å². The summed E-state index contributed by atoms with van der Waals surface area (Å²) in [5, 5.41) is 0. The van der Waals surface area contributed by atoms with E-state index in [4.69, 9.17) is 0 Å². The smallest absolute Gasteiger partial charge is 0.0158 e. The van der Waals surface area contributed by atoms with E-state index in [0.29, 0.717) is 0 Å². The fraction of sp³-hybridized carbons (Fsp3) is 0.217. The van der Waals surface area contributed by atoms with Gasteiger partial charge in [0.1, 0.15) is 0 Å². The van der Waals surface area contributed by atoms with Crippen LogP contribution in [0.25, 0.3) is 22.3 Å². The lowest BCUT2D eigenvalue weighted by Gasteiger charge is -2.22. The zero-order valence-electron chi connectivity index (χ0n) is 14.3. The Bertz CT molecular complexity index is 913. The third kappa shape index (κ3) is 1.98. The topological polar surface area (TPSA) is 0 Å². The molecule has 4 rings (SSSR count). The maximum absolute atomic E-state index is 2.40. The second kappa shape index (κ2) is 4.83. The fourth-order valence-corrected chi connectivity index (χ4v) is 4.02. The van der Waals surface area contributed by atoms with E-state index in [0.717, 1.165) is 0 Å². The second-order valence-corrected chi connectivity index (χ2v) is 7.20. The monoisotopic (exact) mass is 298 g/mol. The van der Waals surface area contributed by atoms with Crippen molar-refractivity contribution in [3.05, 3.63) is 82.9 Å². The lowest BCUT2D eigenvalue weighted by Crippen LogP contribution is -2.15. The SMILES string of the molecule is Cc1ccccc1-c1cc2c(cc1C)C(C)(C)c1ccccc1-2. The quantitative estimate of drug-likeness (QED) is 0.496. The summed E-state index contributed by atoms with van der Waals surface area (Å²) in [5.74, 6) is 0. The maximum atomic E-state index is 2.40. The number of benzene rings is 3. The van der Waals surface area contributed by atoms with Gasteiger partial charge in [0.15, 0.2) is 0 Å². The molecule has 114 valence electrons. The van der Waals surface area contributed by atoms with Gasteiger partial charge in [-0.1, -0.05) is 68.4 Å². The molecular weight excluding hydrogens is 276 g/mol. The molecule has 0 unspecified atom stereocenters. The molecule has 0 spiro atoms. The summed E-state index contributed by atoms with van der Waals surface area (Å²) in [7, 11) is 0. The molecule has 23 heavy (non-hydrogen) atoms. The Hall–Kier alpha value is -2.34. The van der Waals surface area contributed by atoms with Crippen LogP contribution in [0.4, 0.5) is 0 Å². The minimum absolute atomic E-state index is 0.0843. The van der Waals surface area contributed by atoms with Crippen LogP contribution in [0.15, 0.2) is 60.7 Å². The first-order valence-electron chi connectivity index (χ1n) is 8.31. The molecule has 0 saturated heterocycles. The Morgan fingerprint density at radius 2 is 1.22 bits per heavy atom. The van der Waals surface area contributed by atoms with Crippen molar-refractivity contribution in [1.29, 1.82) is 0 Å². The molecule has 0 heterocycles. The summed E-state index contributed by atoms with van der Waals surface area (Å²) < 4.78 is 0. The Balaban J connectivity index is 2.02. The standard InChI is InChI=1S/C23H22/c1-15-9-5-6-10-17(15)19-14-20-18-11-7-8-12-21(18)23(3,4)22(20)13-16(19)2/h5-14H,1-4H3. The maximum Gasteiger partial charge on any atom is 0.0158 e. The van der Waals surface area contributed by atoms with E-state index < -0.39 is 0 Å². The summed E-state index contributed by atoms with van der Waals surface area (Å²) in [6.45, 7) is 9.11. The van der Waals surface area contributed by atoms with Crippen LogP contribution in [0.3, 0.4) is 0 Å². The van der Waals surface area contributed by atoms with Gasteiger partial charge in [0.05, 0.1) is 0 Å². The van der Waals surface area contributed by atoms with Gasteiger partial charge in [0.25, 0.3) is 0 Å². The van der Waals surface area contributed by atoms with E-state index in [-0.39, 0.29) is 5.41 Å². The van der Waals surface area contributed by atoms with E-state index in [1.165, 1.54) is 44.5 Å². The van der Waals surface area contributed by atoms with Crippen molar-refractivity contribution in [3.8, 4) is 22.3 Å². The predicted molar refractivity (Wildman–Crippen MR) is 98.9 cm³/mol. The zero-order valence-corrected chi connectivity index (χ0v) is 14.3. The van der Waals surface area contributed by atoms with Gasteiger partial charge in [0, 0.05) is 5.41 Å². The van der Waals surface area contributed by atoms with Crippen molar-refractivity contribution in [3.63, 3.8) is 0 Å². The predicted octanol–water partition coefficient (Wildman–Crippen LogP) is 6.28. The first-order chi connectivity index (χ1) is 11.0. The first kappa shape index (κ1) is 14.3. The Labute approximate surface area is 138 Å². The van der Waals surface area contributed by atoms with Crippen molar-refractivity contribution < 1.29 is 0 Å². The van der Waals surface area contributed by atoms with Gasteiger partial charge >= 0.3 is 0 Å². The van der Waals surface area contributed by atoms with Crippen LogP contribution < -0.4 is 0 Å². The Morgan fingerprint density at radius 3 is 1.96 bits per heavy atom. The van der Waals surface area contributed by atoms with E-state index in [9.17, 15) is 0 Å². The molecule has 1 aliphatic carbocycles. The average molecular weight is 298 g/mol. The largest absolute Gasteiger partial charge is 0.0620 e. The van der Waals surface area contributed by atoms with Gasteiger partial charge in [-0.2, -0.15) is 0 Å². The van der Waals surface area contributed by atoms with Crippen molar-refractivity contribution in [2.45, 2.75) is 33.1 Å². The number of rotatable bonds is 1. The van der Waals surface area contributed by atoms with Crippen LogP contribution in [0.1, 0.15) is 36.1 Å². The third-order valence-electron chi connectivity index (χ3n) is 5.36. The third-order valence-corrected chi connectivity index (χ3v) is 5.36. The highest BCUT2D eigenvalue weighted by atomic mass is 14.4. The highest BCUT2D eigenvalue weighted by Gasteiger charge is 2.35. The van der Waals surface area contributed by atoms with Crippen LogP contribution in [-0.4, -0.2) is 0 Å². The van der Waals surface area contributed by atoms with Crippen LogP contribution in [0.2, 0.25) is 0 Å². The lowest BCUT2D eigenvalue weighted by atomic mass is 9.81. The van der Waals surface area contributed by atoms with Crippen molar-refractivity contribution in [2.24, 2.45) is 0 Å². The molecule has 0 fully saturated rings. The van der Waals surface area contributed by atoms with Crippen LogP contribution in [-0.2, 0) is 5.41 Å². The molecule has 0 atom stereocenters. The summed E-state index contributed by atoms with van der Waals surface area (Å²) in [5.41, 5.74) is 11.2. The average Bonchev–Trinajstić information content (AvgIpc) is 2.76. The van der Waals surface area contributed by atoms with E-state index >= 15 is 0 Å². The van der Waals surface area contributed by atoms with Crippen molar-refractivity contribution in [1.82, 2.24) is 0 Å². The number of hydrogen-bond acceptors (Lipinski definition) is 0. The van der Waals surface area contributed by atoms with E-state index in [1.807, 2.05) is 0 Å². The summed E-state index contributed by atoms with van der Waals surface area (Å²) in [6, 6.07) is 22.3. The Morgan fingerprint density at radius 1 is 0.565 bits per heavy atom. The number of aryl methyl sites for hydroxylation is 2. The highest BCUT2D eigenvalue weighted by Crippen LogP contribution is 2.50. The molecule has 0 nitrogen and oxygen atoms in total. The molecule has 0 heteroatoms. The lowest BCUT2D eigenvalue weighted by molar-refractivity contribution is 0.660. The van der Waals surface area contributed by atoms with Gasteiger partial charge in [-0.3, -0.25) is 0 Å². The van der Waals surface area contributed by atoms with Gasteiger partial charge in [0.2, 0.25) is 0 Å². The molecule has 0 amide bonds. The highest BCUT2D eigenvalue weighted by molar-refractivity contribution is 5.86. The second-order valence-electron chi connectivity index (χ2n) is 7.20. The van der Waals surface area contributed by atoms with Gasteiger partial charge < -0.3 is 0 Å². The summed E-state index contributed by atoms with van der Waals surface area (Å²) in [6.07, 6.45) is 0.